The Balaban J connectivity index is 3.22. The van der Waals surface area contributed by atoms with Crippen LogP contribution in [0.1, 0.15) is 26.2 Å². The van der Waals surface area contributed by atoms with E-state index in [-0.39, 0.29) is 5.97 Å². The Labute approximate surface area is 104 Å². The van der Waals surface area contributed by atoms with Crippen molar-refractivity contribution >= 4 is 5.97 Å². The van der Waals surface area contributed by atoms with Crippen LogP contribution in [0.25, 0.3) is 0 Å². The highest BCUT2D eigenvalue weighted by Crippen LogP contribution is 2.04. The van der Waals surface area contributed by atoms with Crippen LogP contribution < -0.4 is 5.73 Å². The highest BCUT2D eigenvalue weighted by atomic mass is 16.6. The second kappa shape index (κ2) is 11.8. The van der Waals surface area contributed by atoms with E-state index in [9.17, 15) is 4.79 Å². The Morgan fingerprint density at radius 2 is 2.00 bits per heavy atom. The molecule has 0 saturated heterocycles. The summed E-state index contributed by atoms with van der Waals surface area (Å²) in [7, 11) is 1.66. The lowest BCUT2D eigenvalue weighted by molar-refractivity contribution is -0.145. The topological polar surface area (TPSA) is 70.8 Å². The Morgan fingerprint density at radius 3 is 2.65 bits per heavy atom. The molecule has 0 saturated carbocycles. The molecule has 0 spiro atoms. The second-order valence-electron chi connectivity index (χ2n) is 4.06. The Morgan fingerprint density at radius 1 is 1.24 bits per heavy atom. The lowest BCUT2D eigenvalue weighted by Gasteiger charge is -2.08. The van der Waals surface area contributed by atoms with Crippen molar-refractivity contribution in [3.05, 3.63) is 0 Å². The van der Waals surface area contributed by atoms with Gasteiger partial charge in [-0.2, -0.15) is 0 Å². The van der Waals surface area contributed by atoms with Crippen molar-refractivity contribution < 1.29 is 19.0 Å². The van der Waals surface area contributed by atoms with E-state index in [1.54, 1.807) is 7.11 Å². The molecule has 5 heteroatoms. The lowest BCUT2D eigenvalue weighted by atomic mass is 10.1. The summed E-state index contributed by atoms with van der Waals surface area (Å²) in [6.45, 7) is 4.72. The van der Waals surface area contributed by atoms with Crippen molar-refractivity contribution in [2.24, 2.45) is 11.7 Å². The molecule has 0 bridgehead atoms. The predicted molar refractivity (Wildman–Crippen MR) is 65.7 cm³/mol. The summed E-state index contributed by atoms with van der Waals surface area (Å²) in [5.41, 5.74) is 5.46. The van der Waals surface area contributed by atoms with Gasteiger partial charge in [0.15, 0.2) is 0 Å². The fourth-order valence-corrected chi connectivity index (χ4v) is 1.18. The molecular formula is C12H25NO4. The summed E-state index contributed by atoms with van der Waals surface area (Å²) in [5.74, 6) is 0.193. The molecule has 0 heterocycles. The minimum Gasteiger partial charge on any atom is -0.463 e. The first-order valence-corrected chi connectivity index (χ1v) is 6.13. The van der Waals surface area contributed by atoms with Gasteiger partial charge in [0.25, 0.3) is 0 Å². The first-order chi connectivity index (χ1) is 8.20. The van der Waals surface area contributed by atoms with Crippen molar-refractivity contribution in [1.82, 2.24) is 0 Å². The average Bonchev–Trinajstić information content (AvgIpc) is 2.34. The maximum absolute atomic E-state index is 11.3. The Hall–Kier alpha value is -0.650. The number of carbonyl (C=O) groups is 1. The number of hydrogen-bond acceptors (Lipinski definition) is 5. The van der Waals surface area contributed by atoms with Gasteiger partial charge in [0.2, 0.25) is 0 Å². The minimum absolute atomic E-state index is 0.175. The van der Waals surface area contributed by atoms with Gasteiger partial charge >= 0.3 is 5.97 Å². The number of methoxy groups -OCH3 is 1. The van der Waals surface area contributed by atoms with Crippen LogP contribution in [0, 0.1) is 5.92 Å². The molecule has 0 aromatic carbocycles. The van der Waals surface area contributed by atoms with Crippen LogP contribution >= 0.6 is 0 Å². The molecular weight excluding hydrogens is 222 g/mol. The third-order valence-corrected chi connectivity index (χ3v) is 2.37. The molecule has 0 aliphatic carbocycles. The maximum Gasteiger partial charge on any atom is 0.305 e. The van der Waals surface area contributed by atoms with Gasteiger partial charge in [0.05, 0.1) is 6.61 Å². The smallest absolute Gasteiger partial charge is 0.305 e. The van der Waals surface area contributed by atoms with Crippen molar-refractivity contribution in [2.45, 2.75) is 26.2 Å². The van der Waals surface area contributed by atoms with Crippen LogP contribution in [0.4, 0.5) is 0 Å². The molecule has 17 heavy (non-hydrogen) atoms. The van der Waals surface area contributed by atoms with Gasteiger partial charge in [-0.15, -0.1) is 0 Å². The molecule has 0 aliphatic heterocycles. The van der Waals surface area contributed by atoms with E-state index < -0.39 is 0 Å². The molecule has 102 valence electrons. The van der Waals surface area contributed by atoms with Crippen LogP contribution in [-0.4, -0.2) is 46.1 Å². The number of nitrogens with two attached hydrogens (primary N) is 1. The van der Waals surface area contributed by atoms with Crippen LogP contribution in [0.3, 0.4) is 0 Å². The molecule has 1 unspecified atom stereocenters. The minimum atomic E-state index is -0.175. The molecule has 0 aliphatic rings. The standard InChI is InChI=1S/C12H25NO4/c1-11(10-13)4-5-12(14)17-9-8-16-7-3-6-15-2/h11H,3-10,13H2,1-2H3. The first-order valence-electron chi connectivity index (χ1n) is 6.13. The number of esters is 1. The number of rotatable bonds is 11. The van der Waals surface area contributed by atoms with Gasteiger partial charge in [-0.1, -0.05) is 6.92 Å². The summed E-state index contributed by atoms with van der Waals surface area (Å²) in [4.78, 5) is 11.3. The number of hydrogen-bond donors (Lipinski definition) is 1. The summed E-state index contributed by atoms with van der Waals surface area (Å²) in [6, 6.07) is 0. The van der Waals surface area contributed by atoms with Crippen molar-refractivity contribution in [3.8, 4) is 0 Å². The average molecular weight is 247 g/mol. The number of ether oxygens (including phenoxy) is 3. The zero-order valence-electron chi connectivity index (χ0n) is 10.9. The summed E-state index contributed by atoms with van der Waals surface area (Å²) in [5, 5.41) is 0. The predicted octanol–water partition coefficient (Wildman–Crippen LogP) is 0.958. The van der Waals surface area contributed by atoms with Crippen molar-refractivity contribution in [2.75, 3.05) is 40.1 Å². The van der Waals surface area contributed by atoms with Crippen LogP contribution in [0.15, 0.2) is 0 Å². The molecule has 0 amide bonds. The monoisotopic (exact) mass is 247 g/mol. The Bertz CT molecular complexity index is 187. The van der Waals surface area contributed by atoms with Gasteiger partial charge in [0, 0.05) is 26.7 Å². The molecule has 0 radical (unpaired) electrons. The van der Waals surface area contributed by atoms with E-state index >= 15 is 0 Å². The van der Waals surface area contributed by atoms with Crippen LogP contribution in [0.5, 0.6) is 0 Å². The summed E-state index contributed by atoms with van der Waals surface area (Å²) >= 11 is 0. The van der Waals surface area contributed by atoms with E-state index in [1.165, 1.54) is 0 Å². The number of carbonyl (C=O) groups excluding carboxylic acids is 1. The van der Waals surface area contributed by atoms with Gasteiger partial charge in [-0.05, 0) is 25.3 Å². The first kappa shape index (κ1) is 16.4. The molecule has 0 aromatic heterocycles. The molecule has 5 nitrogen and oxygen atoms in total. The van der Waals surface area contributed by atoms with E-state index in [0.29, 0.717) is 45.3 Å². The zero-order chi connectivity index (χ0) is 12.9. The van der Waals surface area contributed by atoms with Crippen molar-refractivity contribution in [3.63, 3.8) is 0 Å². The molecule has 2 N–H and O–H groups in total. The van der Waals surface area contributed by atoms with Gasteiger partial charge in [0.1, 0.15) is 6.61 Å². The SMILES string of the molecule is COCCCOCCOC(=O)CCC(C)CN. The van der Waals surface area contributed by atoms with E-state index in [1.807, 2.05) is 6.92 Å². The van der Waals surface area contributed by atoms with E-state index in [2.05, 4.69) is 0 Å². The van der Waals surface area contributed by atoms with Gasteiger partial charge in [-0.25, -0.2) is 0 Å². The third kappa shape index (κ3) is 11.6. The third-order valence-electron chi connectivity index (χ3n) is 2.37. The molecule has 0 aromatic rings. The van der Waals surface area contributed by atoms with Gasteiger partial charge < -0.3 is 19.9 Å². The quantitative estimate of drug-likeness (QED) is 0.435. The van der Waals surface area contributed by atoms with E-state index in [4.69, 9.17) is 19.9 Å². The van der Waals surface area contributed by atoms with Crippen molar-refractivity contribution in [1.29, 1.82) is 0 Å². The van der Waals surface area contributed by atoms with Gasteiger partial charge in [-0.3, -0.25) is 4.79 Å². The molecule has 0 fully saturated rings. The fourth-order valence-electron chi connectivity index (χ4n) is 1.18. The molecule has 0 rings (SSSR count). The lowest BCUT2D eigenvalue weighted by Crippen LogP contribution is -2.15. The zero-order valence-corrected chi connectivity index (χ0v) is 10.9. The van der Waals surface area contributed by atoms with Crippen LogP contribution in [0.2, 0.25) is 0 Å². The second-order valence-corrected chi connectivity index (χ2v) is 4.06. The molecule has 1 atom stereocenters. The highest BCUT2D eigenvalue weighted by Gasteiger charge is 2.06. The highest BCUT2D eigenvalue weighted by molar-refractivity contribution is 5.69. The largest absolute Gasteiger partial charge is 0.463 e. The van der Waals surface area contributed by atoms with Crippen LogP contribution in [-0.2, 0) is 19.0 Å². The Kier molecular flexibility index (Phi) is 11.4. The summed E-state index contributed by atoms with van der Waals surface area (Å²) in [6.07, 6.45) is 2.07. The normalized spacial score (nSPS) is 12.4. The fraction of sp³-hybridized carbons (Fsp3) is 0.917. The summed E-state index contributed by atoms with van der Waals surface area (Å²) < 4.78 is 15.1. The van der Waals surface area contributed by atoms with E-state index in [0.717, 1.165) is 12.8 Å². The maximum atomic E-state index is 11.3.